The molecule has 0 unspecified atom stereocenters. The number of carbonyl (C=O) groups is 2. The maximum Gasteiger partial charge on any atom is 0.307 e. The van der Waals surface area contributed by atoms with Gasteiger partial charge in [-0.15, -0.1) is 11.3 Å². The number of amides is 1. The van der Waals surface area contributed by atoms with Crippen molar-refractivity contribution in [2.45, 2.75) is 32.2 Å². The summed E-state index contributed by atoms with van der Waals surface area (Å²) in [4.78, 5) is 25.0. The zero-order valence-electron chi connectivity index (χ0n) is 11.2. The fourth-order valence-electron chi connectivity index (χ4n) is 3.89. The molecule has 4 rings (SSSR count). The number of hydrogen-bond donors (Lipinski definition) is 2. The summed E-state index contributed by atoms with van der Waals surface area (Å²) >= 11 is 1.60. The van der Waals surface area contributed by atoms with Crippen LogP contribution in [-0.2, 0) is 16.1 Å². The van der Waals surface area contributed by atoms with Crippen LogP contribution in [0.1, 0.15) is 30.6 Å². The Balaban J connectivity index is 1.70. The summed E-state index contributed by atoms with van der Waals surface area (Å²) in [5.74, 6) is -1.24. The molecule has 0 spiro atoms. The molecule has 108 valence electrons. The monoisotopic (exact) mass is 293 g/mol. The number of carboxylic acid groups (broad SMARTS) is 1. The minimum atomic E-state index is -0.796. The average molecular weight is 293 g/mol. The van der Waals surface area contributed by atoms with Crippen molar-refractivity contribution in [1.29, 1.82) is 0 Å². The molecule has 1 heterocycles. The Labute approximate surface area is 122 Å². The molecule has 4 nitrogen and oxygen atoms in total. The molecule has 3 aliphatic carbocycles. The van der Waals surface area contributed by atoms with Crippen molar-refractivity contribution in [3.05, 3.63) is 22.4 Å². The quantitative estimate of drug-likeness (QED) is 0.896. The number of fused-ring (bicyclic) bond motifs is 3. The fraction of sp³-hybridized carbons (Fsp3) is 0.600. The van der Waals surface area contributed by atoms with Gasteiger partial charge in [0.1, 0.15) is 0 Å². The van der Waals surface area contributed by atoms with Crippen LogP contribution in [0.15, 0.2) is 17.5 Å². The molecule has 1 amide bonds. The van der Waals surface area contributed by atoms with Crippen LogP contribution in [0.5, 0.6) is 0 Å². The van der Waals surface area contributed by atoms with E-state index in [1.807, 2.05) is 17.5 Å². The molecule has 3 fully saturated rings. The van der Waals surface area contributed by atoms with E-state index >= 15 is 0 Å². The Morgan fingerprint density at radius 1 is 1.20 bits per heavy atom. The lowest BCUT2D eigenvalue weighted by Gasteiger charge is -2.45. The zero-order chi connectivity index (χ0) is 14.1. The maximum absolute atomic E-state index is 12.4. The summed E-state index contributed by atoms with van der Waals surface area (Å²) in [5.41, 5.74) is 0. The first kappa shape index (κ1) is 13.6. The molecule has 1 aromatic heterocycles. The van der Waals surface area contributed by atoms with E-state index in [-0.39, 0.29) is 23.7 Å². The van der Waals surface area contributed by atoms with E-state index in [1.165, 1.54) is 0 Å². The molecule has 20 heavy (non-hydrogen) atoms. The Kier molecular flexibility index (Phi) is 3.78. The zero-order valence-corrected chi connectivity index (χ0v) is 12.1. The SMILES string of the molecule is O=C(O)[C@@H]1C2CCC(CC2)[C@@H]1C(=O)NCc1cccs1. The van der Waals surface area contributed by atoms with Gasteiger partial charge in [-0.3, -0.25) is 9.59 Å². The minimum absolute atomic E-state index is 0.0693. The highest BCUT2D eigenvalue weighted by molar-refractivity contribution is 7.09. The highest BCUT2D eigenvalue weighted by Gasteiger charge is 2.50. The Bertz CT molecular complexity index is 491. The predicted octanol–water partition coefficient (Wildman–Crippen LogP) is 2.50. The summed E-state index contributed by atoms with van der Waals surface area (Å²) in [6.07, 6.45) is 3.95. The van der Waals surface area contributed by atoms with Crippen molar-refractivity contribution in [1.82, 2.24) is 5.32 Å². The smallest absolute Gasteiger partial charge is 0.307 e. The van der Waals surface area contributed by atoms with Gasteiger partial charge in [0.2, 0.25) is 5.91 Å². The predicted molar refractivity (Wildman–Crippen MR) is 76.2 cm³/mol. The second-order valence-electron chi connectivity index (χ2n) is 5.86. The lowest BCUT2D eigenvalue weighted by atomic mass is 9.58. The average Bonchev–Trinajstić information content (AvgIpc) is 2.98. The van der Waals surface area contributed by atoms with Crippen LogP contribution in [0.3, 0.4) is 0 Å². The third kappa shape index (κ3) is 2.46. The van der Waals surface area contributed by atoms with Gasteiger partial charge < -0.3 is 10.4 Å². The summed E-state index contributed by atoms with van der Waals surface area (Å²) in [5, 5.41) is 14.4. The highest BCUT2D eigenvalue weighted by Crippen LogP contribution is 2.49. The van der Waals surface area contributed by atoms with E-state index in [4.69, 9.17) is 0 Å². The Morgan fingerprint density at radius 2 is 1.85 bits per heavy atom. The van der Waals surface area contributed by atoms with Crippen LogP contribution in [0.4, 0.5) is 0 Å². The molecule has 2 bridgehead atoms. The number of thiophene rings is 1. The van der Waals surface area contributed by atoms with Crippen LogP contribution in [-0.4, -0.2) is 17.0 Å². The summed E-state index contributed by atoms with van der Waals surface area (Å²) in [6, 6.07) is 3.93. The van der Waals surface area contributed by atoms with Crippen LogP contribution >= 0.6 is 11.3 Å². The van der Waals surface area contributed by atoms with Crippen molar-refractivity contribution in [2.24, 2.45) is 23.7 Å². The molecule has 2 atom stereocenters. The molecule has 2 N–H and O–H groups in total. The standard InChI is InChI=1S/C15H19NO3S/c17-14(16-8-11-2-1-7-20-11)12-9-3-5-10(6-4-9)13(12)15(18)19/h1-2,7,9-10,12-13H,3-6,8H2,(H,16,17)(H,18,19)/t9?,10?,12-,13+/m0/s1. The number of aliphatic carboxylic acids is 1. The van der Waals surface area contributed by atoms with Gasteiger partial charge >= 0.3 is 5.97 Å². The van der Waals surface area contributed by atoms with Crippen molar-refractivity contribution in [3.8, 4) is 0 Å². The van der Waals surface area contributed by atoms with E-state index in [0.717, 1.165) is 30.6 Å². The van der Waals surface area contributed by atoms with Crippen LogP contribution in [0.2, 0.25) is 0 Å². The van der Waals surface area contributed by atoms with E-state index in [1.54, 1.807) is 11.3 Å². The first-order valence-electron chi connectivity index (χ1n) is 7.19. The molecular weight excluding hydrogens is 274 g/mol. The molecule has 5 heteroatoms. The van der Waals surface area contributed by atoms with Gasteiger partial charge in [0, 0.05) is 4.88 Å². The van der Waals surface area contributed by atoms with Crippen LogP contribution < -0.4 is 5.32 Å². The van der Waals surface area contributed by atoms with E-state index in [9.17, 15) is 14.7 Å². The number of rotatable bonds is 4. The number of nitrogens with one attached hydrogen (secondary N) is 1. The number of hydrogen-bond acceptors (Lipinski definition) is 3. The molecule has 0 radical (unpaired) electrons. The van der Waals surface area contributed by atoms with Gasteiger partial charge in [-0.1, -0.05) is 6.07 Å². The summed E-state index contributed by atoms with van der Waals surface area (Å²) in [7, 11) is 0. The van der Waals surface area contributed by atoms with Crippen molar-refractivity contribution in [2.75, 3.05) is 0 Å². The first-order chi connectivity index (χ1) is 9.66. The highest BCUT2D eigenvalue weighted by atomic mass is 32.1. The lowest BCUT2D eigenvalue weighted by molar-refractivity contribution is -0.158. The summed E-state index contributed by atoms with van der Waals surface area (Å²) < 4.78 is 0. The molecule has 3 aliphatic rings. The summed E-state index contributed by atoms with van der Waals surface area (Å²) in [6.45, 7) is 0.511. The second kappa shape index (κ2) is 5.56. The molecule has 3 saturated carbocycles. The number of carbonyl (C=O) groups excluding carboxylic acids is 1. The molecule has 0 saturated heterocycles. The molecular formula is C15H19NO3S. The van der Waals surface area contributed by atoms with Gasteiger partial charge in [-0.2, -0.15) is 0 Å². The van der Waals surface area contributed by atoms with Gasteiger partial charge in [0.05, 0.1) is 18.4 Å². The topological polar surface area (TPSA) is 66.4 Å². The maximum atomic E-state index is 12.4. The second-order valence-corrected chi connectivity index (χ2v) is 6.89. The van der Waals surface area contributed by atoms with Crippen LogP contribution in [0, 0.1) is 23.7 Å². The van der Waals surface area contributed by atoms with Gasteiger partial charge in [0.25, 0.3) is 0 Å². The van der Waals surface area contributed by atoms with Crippen molar-refractivity contribution >= 4 is 23.2 Å². The molecule has 0 aromatic carbocycles. The third-order valence-electron chi connectivity index (χ3n) is 4.82. The van der Waals surface area contributed by atoms with E-state index in [0.29, 0.717) is 6.54 Å². The normalized spacial score (nSPS) is 32.0. The van der Waals surface area contributed by atoms with Crippen molar-refractivity contribution in [3.63, 3.8) is 0 Å². The largest absolute Gasteiger partial charge is 0.481 e. The van der Waals surface area contributed by atoms with E-state index in [2.05, 4.69) is 5.32 Å². The van der Waals surface area contributed by atoms with Gasteiger partial charge in [-0.25, -0.2) is 0 Å². The van der Waals surface area contributed by atoms with Crippen LogP contribution in [0.25, 0.3) is 0 Å². The number of carboxylic acids is 1. The third-order valence-corrected chi connectivity index (χ3v) is 5.70. The van der Waals surface area contributed by atoms with E-state index < -0.39 is 11.9 Å². The Morgan fingerprint density at radius 3 is 2.40 bits per heavy atom. The minimum Gasteiger partial charge on any atom is -0.481 e. The lowest BCUT2D eigenvalue weighted by Crippen LogP contribution is -2.50. The molecule has 0 aliphatic heterocycles. The van der Waals surface area contributed by atoms with Gasteiger partial charge in [-0.05, 0) is 49.0 Å². The Hall–Kier alpha value is -1.36. The first-order valence-corrected chi connectivity index (χ1v) is 8.07. The molecule has 1 aromatic rings. The van der Waals surface area contributed by atoms with Gasteiger partial charge in [0.15, 0.2) is 0 Å². The fourth-order valence-corrected chi connectivity index (χ4v) is 4.53. The van der Waals surface area contributed by atoms with Crippen molar-refractivity contribution < 1.29 is 14.7 Å².